The number of rotatable bonds is 3. The average molecular weight is 318 g/mol. The molecule has 0 aromatic heterocycles. The van der Waals surface area contributed by atoms with E-state index < -0.39 is 5.97 Å². The van der Waals surface area contributed by atoms with Crippen LogP contribution in [0.25, 0.3) is 0 Å². The van der Waals surface area contributed by atoms with Gasteiger partial charge in [0.25, 0.3) is 5.97 Å². The molecule has 1 aliphatic rings. The zero-order valence-corrected chi connectivity index (χ0v) is 13.8. The molecule has 0 bridgehead atoms. The van der Waals surface area contributed by atoms with E-state index in [4.69, 9.17) is 21.4 Å². The Labute approximate surface area is 137 Å². The van der Waals surface area contributed by atoms with Crippen LogP contribution in [0.5, 0.6) is 0 Å². The van der Waals surface area contributed by atoms with Crippen molar-refractivity contribution in [1.82, 2.24) is 0 Å². The third kappa shape index (κ3) is 7.44. The summed E-state index contributed by atoms with van der Waals surface area (Å²) in [4.78, 5) is 9.00. The van der Waals surface area contributed by atoms with Crippen molar-refractivity contribution in [3.05, 3.63) is 35.4 Å². The van der Waals surface area contributed by atoms with Crippen LogP contribution in [0.3, 0.4) is 0 Å². The Balaban J connectivity index is 0.000000593. The largest absolute Gasteiger partial charge is 0.481 e. The van der Waals surface area contributed by atoms with E-state index in [1.807, 2.05) is 6.92 Å². The third-order valence-electron chi connectivity index (χ3n) is 3.72. The van der Waals surface area contributed by atoms with Crippen LogP contribution in [0.2, 0.25) is 0 Å². The molecule has 0 aliphatic heterocycles. The first-order valence-corrected chi connectivity index (χ1v) is 7.83. The molecule has 0 amide bonds. The van der Waals surface area contributed by atoms with Crippen LogP contribution in [-0.4, -0.2) is 22.7 Å². The zero-order chi connectivity index (χ0) is 17.2. The maximum atomic E-state index is 9.00. The quantitative estimate of drug-likeness (QED) is 0.451. The molecule has 23 heavy (non-hydrogen) atoms. The summed E-state index contributed by atoms with van der Waals surface area (Å²) in [6.45, 7) is 2.99. The maximum Gasteiger partial charge on any atom is 0.300 e. The molecule has 1 aliphatic carbocycles. The number of carboxylic acid groups (broad SMARTS) is 1. The molecule has 0 heterocycles. The fourth-order valence-corrected chi connectivity index (χ4v) is 2.62. The van der Waals surface area contributed by atoms with E-state index in [2.05, 4.69) is 34.5 Å². The first kappa shape index (κ1) is 18.7. The van der Waals surface area contributed by atoms with Gasteiger partial charge in [0.1, 0.15) is 0 Å². The molecule has 126 valence electrons. The minimum absolute atomic E-state index is 0.0156. The van der Waals surface area contributed by atoms with Crippen molar-refractivity contribution < 1.29 is 9.90 Å². The van der Waals surface area contributed by atoms with Crippen LogP contribution >= 0.6 is 0 Å². The van der Waals surface area contributed by atoms with Crippen molar-refractivity contribution in [3.63, 3.8) is 0 Å². The van der Waals surface area contributed by atoms with Crippen LogP contribution in [0.4, 0.5) is 0 Å². The molecule has 5 N–H and O–H groups in total. The Morgan fingerprint density at radius 3 is 2.04 bits per heavy atom. The smallest absolute Gasteiger partial charge is 0.300 e. The molecule has 6 nitrogen and oxygen atoms in total. The van der Waals surface area contributed by atoms with Crippen molar-refractivity contribution in [3.8, 4) is 0 Å². The summed E-state index contributed by atoms with van der Waals surface area (Å²) in [6.07, 6.45) is 6.74. The Kier molecular flexibility index (Phi) is 7.80. The van der Waals surface area contributed by atoms with Crippen LogP contribution in [0.15, 0.2) is 34.5 Å². The molecule has 0 spiro atoms. The first-order chi connectivity index (χ1) is 10.9. The molecule has 1 saturated carbocycles. The number of hydrogen-bond donors (Lipinski definition) is 3. The summed E-state index contributed by atoms with van der Waals surface area (Å²) in [5.41, 5.74) is 13.8. The molecule has 1 aromatic rings. The van der Waals surface area contributed by atoms with Gasteiger partial charge >= 0.3 is 0 Å². The van der Waals surface area contributed by atoms with Gasteiger partial charge in [0.2, 0.25) is 5.96 Å². The Bertz CT molecular complexity index is 550. The molecule has 6 heteroatoms. The van der Waals surface area contributed by atoms with Gasteiger partial charge in [0.15, 0.2) is 0 Å². The summed E-state index contributed by atoms with van der Waals surface area (Å²) in [5, 5.41) is 15.1. The van der Waals surface area contributed by atoms with E-state index in [-0.39, 0.29) is 5.96 Å². The highest BCUT2D eigenvalue weighted by Crippen LogP contribution is 2.32. The van der Waals surface area contributed by atoms with Gasteiger partial charge in [0.05, 0.1) is 5.71 Å². The number of hydrogen-bond acceptors (Lipinski definition) is 3. The highest BCUT2D eigenvalue weighted by atomic mass is 16.4. The number of nitrogens with zero attached hydrogens (tertiary/aromatic N) is 2. The fourth-order valence-electron chi connectivity index (χ4n) is 2.62. The maximum absolute atomic E-state index is 9.00. The van der Waals surface area contributed by atoms with E-state index in [0.717, 1.165) is 24.1 Å². The number of aliphatic carboxylic acids is 1. The van der Waals surface area contributed by atoms with E-state index in [1.54, 1.807) is 0 Å². The highest BCUT2D eigenvalue weighted by molar-refractivity contribution is 5.99. The average Bonchev–Trinajstić information content (AvgIpc) is 2.53. The van der Waals surface area contributed by atoms with E-state index in [1.165, 1.54) is 37.7 Å². The second-order valence-electron chi connectivity index (χ2n) is 5.69. The van der Waals surface area contributed by atoms with E-state index in [0.29, 0.717) is 0 Å². The van der Waals surface area contributed by atoms with Crippen LogP contribution in [0, 0.1) is 0 Å². The predicted molar refractivity (Wildman–Crippen MR) is 93.6 cm³/mol. The van der Waals surface area contributed by atoms with Gasteiger partial charge in [-0.2, -0.15) is 5.10 Å². The molecule has 0 radical (unpaired) electrons. The van der Waals surface area contributed by atoms with Gasteiger partial charge < -0.3 is 16.6 Å². The van der Waals surface area contributed by atoms with Crippen molar-refractivity contribution in [2.24, 2.45) is 21.7 Å². The van der Waals surface area contributed by atoms with Gasteiger partial charge in [0, 0.05) is 6.92 Å². The summed E-state index contributed by atoms with van der Waals surface area (Å²) in [5.74, 6) is -0.115. The molecule has 0 saturated heterocycles. The number of nitrogens with two attached hydrogens (primary N) is 2. The fraction of sp³-hybridized carbons (Fsp3) is 0.471. The predicted octanol–water partition coefficient (Wildman–Crippen LogP) is 2.82. The third-order valence-corrected chi connectivity index (χ3v) is 3.72. The number of guanidine groups is 1. The second-order valence-corrected chi connectivity index (χ2v) is 5.69. The number of benzene rings is 1. The van der Waals surface area contributed by atoms with Crippen molar-refractivity contribution >= 4 is 17.6 Å². The van der Waals surface area contributed by atoms with Crippen LogP contribution < -0.4 is 11.5 Å². The van der Waals surface area contributed by atoms with Crippen LogP contribution in [-0.2, 0) is 4.79 Å². The molecule has 0 atom stereocenters. The van der Waals surface area contributed by atoms with Gasteiger partial charge in [-0.3, -0.25) is 4.79 Å². The molecule has 0 unspecified atom stereocenters. The lowest BCUT2D eigenvalue weighted by Gasteiger charge is -2.22. The summed E-state index contributed by atoms with van der Waals surface area (Å²) in [7, 11) is 0. The number of carboxylic acids is 1. The van der Waals surface area contributed by atoms with E-state index >= 15 is 0 Å². The SMILES string of the molecule is CC(=NN=C(N)N)c1ccc(C2CCCCC2)cc1.CC(=O)O. The monoisotopic (exact) mass is 318 g/mol. The summed E-state index contributed by atoms with van der Waals surface area (Å²) < 4.78 is 0. The molecular weight excluding hydrogens is 292 g/mol. The van der Waals surface area contributed by atoms with E-state index in [9.17, 15) is 0 Å². The van der Waals surface area contributed by atoms with Crippen molar-refractivity contribution in [2.75, 3.05) is 0 Å². The summed E-state index contributed by atoms with van der Waals surface area (Å²) in [6, 6.07) is 8.62. The standard InChI is InChI=1S/C15H22N4.C2H4O2/c1-11(18-19-15(16)17)12-7-9-14(10-8-12)13-5-3-2-4-6-13;1-2(3)4/h7-10,13H,2-6H2,1H3,(H4,16,17,19);1H3,(H,3,4). The van der Waals surface area contributed by atoms with Gasteiger partial charge in [-0.15, -0.1) is 5.10 Å². The minimum Gasteiger partial charge on any atom is -0.481 e. The Morgan fingerprint density at radius 2 is 1.57 bits per heavy atom. The van der Waals surface area contributed by atoms with Gasteiger partial charge in [-0.25, -0.2) is 0 Å². The molecule has 1 fully saturated rings. The molecular formula is C17H26N4O2. The van der Waals surface area contributed by atoms with Crippen LogP contribution in [0.1, 0.15) is 63.0 Å². The van der Waals surface area contributed by atoms with Gasteiger partial charge in [-0.05, 0) is 36.8 Å². The normalized spacial score (nSPS) is 15.3. The Morgan fingerprint density at radius 1 is 1.04 bits per heavy atom. The van der Waals surface area contributed by atoms with Gasteiger partial charge in [-0.1, -0.05) is 43.5 Å². The lowest BCUT2D eigenvalue weighted by Crippen LogP contribution is -2.22. The highest BCUT2D eigenvalue weighted by Gasteiger charge is 2.15. The Hall–Kier alpha value is -2.37. The molecule has 1 aromatic carbocycles. The summed E-state index contributed by atoms with van der Waals surface area (Å²) >= 11 is 0. The molecule has 2 rings (SSSR count). The minimum atomic E-state index is -0.833. The topological polar surface area (TPSA) is 114 Å². The van der Waals surface area contributed by atoms with Crippen molar-refractivity contribution in [1.29, 1.82) is 0 Å². The lowest BCUT2D eigenvalue weighted by atomic mass is 9.84. The number of carbonyl (C=O) groups is 1. The first-order valence-electron chi connectivity index (χ1n) is 7.83. The zero-order valence-electron chi connectivity index (χ0n) is 13.8. The lowest BCUT2D eigenvalue weighted by molar-refractivity contribution is -0.134. The van der Waals surface area contributed by atoms with Crippen molar-refractivity contribution in [2.45, 2.75) is 51.9 Å². The second kappa shape index (κ2) is 9.61.